The molecule has 1 aliphatic heterocycles. The van der Waals surface area contributed by atoms with E-state index in [1.54, 1.807) is 12.1 Å². The van der Waals surface area contributed by atoms with Crippen LogP contribution in [0.1, 0.15) is 18.7 Å². The molecule has 9 heteroatoms. The average Bonchev–Trinajstić information content (AvgIpc) is 3.07. The zero-order chi connectivity index (χ0) is 18.7. The molecule has 0 aliphatic carbocycles. The van der Waals surface area contributed by atoms with Gasteiger partial charge >= 0.3 is 5.97 Å². The quantitative estimate of drug-likeness (QED) is 0.748. The molecule has 0 saturated carbocycles. The van der Waals surface area contributed by atoms with Gasteiger partial charge in [0.1, 0.15) is 4.75 Å². The number of hydrogen-bond acceptors (Lipinski definition) is 6. The number of aliphatic carboxylic acids is 1. The highest BCUT2D eigenvalue weighted by Gasteiger charge is 2.46. The largest absolute Gasteiger partial charge is 0.481 e. The Morgan fingerprint density at radius 3 is 2.52 bits per heavy atom. The van der Waals surface area contributed by atoms with Gasteiger partial charge in [-0.15, -0.1) is 11.3 Å². The fourth-order valence-corrected chi connectivity index (χ4v) is 5.03. The van der Waals surface area contributed by atoms with Crippen molar-refractivity contribution >= 4 is 33.1 Å². The lowest BCUT2D eigenvalue weighted by molar-refractivity contribution is -0.141. The highest BCUT2D eigenvalue weighted by Crippen LogP contribution is 2.25. The molecule has 0 bridgehead atoms. The van der Waals surface area contributed by atoms with E-state index in [2.05, 4.69) is 0 Å². The summed E-state index contributed by atoms with van der Waals surface area (Å²) in [6, 6.07) is 3.57. The van der Waals surface area contributed by atoms with Crippen LogP contribution in [-0.2, 0) is 30.6 Å². The third kappa shape index (κ3) is 4.59. The van der Waals surface area contributed by atoms with Gasteiger partial charge in [-0.2, -0.15) is 0 Å². The summed E-state index contributed by atoms with van der Waals surface area (Å²) >= 11 is 1.38. The minimum atomic E-state index is -3.96. The van der Waals surface area contributed by atoms with Crippen molar-refractivity contribution in [2.45, 2.75) is 25.0 Å². The number of sulfone groups is 1. The number of nitrogens with zero attached hydrogens (tertiary/aromatic N) is 1. The second-order valence-corrected chi connectivity index (χ2v) is 10.1. The van der Waals surface area contributed by atoms with Crippen LogP contribution < -0.4 is 0 Å². The molecule has 0 radical (unpaired) electrons. The third-order valence-electron chi connectivity index (χ3n) is 4.39. The number of hydrogen-bond donors (Lipinski definition) is 1. The lowest BCUT2D eigenvalue weighted by atomic mass is 10.1. The zero-order valence-corrected chi connectivity index (χ0v) is 15.9. The van der Waals surface area contributed by atoms with Crippen LogP contribution in [0.2, 0.25) is 0 Å². The van der Waals surface area contributed by atoms with Crippen LogP contribution >= 0.6 is 11.3 Å². The molecule has 1 amide bonds. The van der Waals surface area contributed by atoms with E-state index >= 15 is 0 Å². The summed E-state index contributed by atoms with van der Waals surface area (Å²) in [6.45, 7) is 4.13. The maximum Gasteiger partial charge on any atom is 0.307 e. The van der Waals surface area contributed by atoms with Gasteiger partial charge in [0.15, 0.2) is 9.84 Å². The van der Waals surface area contributed by atoms with E-state index in [9.17, 15) is 23.1 Å². The summed E-state index contributed by atoms with van der Waals surface area (Å²) in [7, 11) is -3.96. The SMILES string of the molecule is CC(C)(C(=O)N1CCOCC1)S(=O)(=O)C[C@@H](Cc1cccs1)C(=O)O. The molecule has 1 atom stereocenters. The predicted octanol–water partition coefficient (Wildman–Crippen LogP) is 1.04. The van der Waals surface area contributed by atoms with Crippen molar-refractivity contribution in [2.24, 2.45) is 5.92 Å². The first-order chi connectivity index (χ1) is 11.6. The Hall–Kier alpha value is -1.45. The summed E-state index contributed by atoms with van der Waals surface area (Å²) < 4.78 is 29.2. The Morgan fingerprint density at radius 2 is 2.00 bits per heavy atom. The standard InChI is InChI=1S/C16H23NO6S2/c1-16(2,15(20)17-5-7-23-8-6-17)25(21,22)11-12(14(18)19)10-13-4-3-9-24-13/h3-4,9,12H,5-8,10-11H2,1-2H3,(H,18,19)/t12-/m1/s1. The summed E-state index contributed by atoms with van der Waals surface area (Å²) in [6.07, 6.45) is 0.133. The van der Waals surface area contributed by atoms with E-state index in [1.165, 1.54) is 30.1 Å². The number of carboxylic acid groups (broad SMARTS) is 1. The topological polar surface area (TPSA) is 101 Å². The van der Waals surface area contributed by atoms with Gasteiger partial charge in [0.05, 0.1) is 24.9 Å². The maximum absolute atomic E-state index is 12.8. The van der Waals surface area contributed by atoms with E-state index in [-0.39, 0.29) is 6.42 Å². The average molecular weight is 389 g/mol. The molecular formula is C16H23NO6S2. The molecule has 1 aliphatic rings. The van der Waals surface area contributed by atoms with Gasteiger partial charge in [-0.1, -0.05) is 6.07 Å². The first-order valence-electron chi connectivity index (χ1n) is 8.00. The number of carbonyl (C=O) groups excluding carboxylic acids is 1. The number of carboxylic acids is 1. The minimum absolute atomic E-state index is 0.133. The summed E-state index contributed by atoms with van der Waals surface area (Å²) in [4.78, 5) is 26.5. The highest BCUT2D eigenvalue weighted by molar-refractivity contribution is 7.93. The van der Waals surface area contributed by atoms with Crippen molar-refractivity contribution in [3.8, 4) is 0 Å². The van der Waals surface area contributed by atoms with Crippen LogP contribution in [-0.4, -0.2) is 67.1 Å². The molecule has 1 fully saturated rings. The lowest BCUT2D eigenvalue weighted by Gasteiger charge is -2.34. The van der Waals surface area contributed by atoms with Gasteiger partial charge in [0.25, 0.3) is 0 Å². The minimum Gasteiger partial charge on any atom is -0.481 e. The molecule has 0 aromatic carbocycles. The Kier molecular flexibility index (Phi) is 6.23. The molecule has 1 N–H and O–H groups in total. The maximum atomic E-state index is 12.8. The fraction of sp³-hybridized carbons (Fsp3) is 0.625. The van der Waals surface area contributed by atoms with Gasteiger partial charge in [-0.25, -0.2) is 8.42 Å². The molecule has 2 heterocycles. The Morgan fingerprint density at radius 1 is 1.36 bits per heavy atom. The Labute approximate surface area is 151 Å². The van der Waals surface area contributed by atoms with Crippen molar-refractivity contribution in [1.29, 1.82) is 0 Å². The van der Waals surface area contributed by atoms with Crippen LogP contribution in [0.15, 0.2) is 17.5 Å². The van der Waals surface area contributed by atoms with Crippen LogP contribution in [0.3, 0.4) is 0 Å². The molecule has 1 aromatic rings. The van der Waals surface area contributed by atoms with E-state index in [0.717, 1.165) is 4.88 Å². The Balaban J connectivity index is 2.16. The van der Waals surface area contributed by atoms with Gasteiger partial charge in [-0.05, 0) is 31.7 Å². The van der Waals surface area contributed by atoms with Crippen molar-refractivity contribution < 1.29 is 27.9 Å². The second-order valence-electron chi connectivity index (χ2n) is 6.51. The van der Waals surface area contributed by atoms with E-state index in [4.69, 9.17) is 4.74 Å². The smallest absolute Gasteiger partial charge is 0.307 e. The number of thiophene rings is 1. The summed E-state index contributed by atoms with van der Waals surface area (Å²) in [5.74, 6) is -3.33. The second kappa shape index (κ2) is 7.84. The number of ether oxygens (including phenoxy) is 1. The fourth-order valence-electron chi connectivity index (χ4n) is 2.64. The van der Waals surface area contributed by atoms with Crippen LogP contribution in [0, 0.1) is 5.92 Å². The normalized spacial score (nSPS) is 17.3. The Bertz CT molecular complexity index is 705. The number of rotatable bonds is 7. The van der Waals surface area contributed by atoms with E-state index in [0.29, 0.717) is 26.3 Å². The molecule has 2 rings (SSSR count). The third-order valence-corrected chi connectivity index (χ3v) is 7.86. The van der Waals surface area contributed by atoms with Crippen molar-refractivity contribution in [3.05, 3.63) is 22.4 Å². The van der Waals surface area contributed by atoms with Crippen molar-refractivity contribution in [3.63, 3.8) is 0 Å². The van der Waals surface area contributed by atoms with Crippen LogP contribution in [0.5, 0.6) is 0 Å². The summed E-state index contributed by atoms with van der Waals surface area (Å²) in [5, 5.41) is 11.2. The van der Waals surface area contributed by atoms with Crippen molar-refractivity contribution in [2.75, 3.05) is 32.1 Å². The molecule has 1 aromatic heterocycles. The number of amides is 1. The molecule has 25 heavy (non-hydrogen) atoms. The van der Waals surface area contributed by atoms with Gasteiger partial charge in [0, 0.05) is 18.0 Å². The molecule has 0 spiro atoms. The monoisotopic (exact) mass is 389 g/mol. The van der Waals surface area contributed by atoms with Gasteiger partial charge < -0.3 is 14.7 Å². The predicted molar refractivity (Wildman–Crippen MR) is 94.4 cm³/mol. The molecular weight excluding hydrogens is 366 g/mol. The van der Waals surface area contributed by atoms with Crippen LogP contribution in [0.4, 0.5) is 0 Å². The highest BCUT2D eigenvalue weighted by atomic mass is 32.2. The van der Waals surface area contributed by atoms with E-state index < -0.39 is 38.1 Å². The zero-order valence-electron chi connectivity index (χ0n) is 14.3. The molecule has 1 saturated heterocycles. The van der Waals surface area contributed by atoms with Crippen LogP contribution in [0.25, 0.3) is 0 Å². The first-order valence-corrected chi connectivity index (χ1v) is 10.5. The number of morpholine rings is 1. The van der Waals surface area contributed by atoms with Crippen molar-refractivity contribution in [1.82, 2.24) is 4.90 Å². The molecule has 7 nitrogen and oxygen atoms in total. The van der Waals surface area contributed by atoms with E-state index in [1.807, 2.05) is 5.38 Å². The lowest BCUT2D eigenvalue weighted by Crippen LogP contribution is -2.54. The summed E-state index contributed by atoms with van der Waals surface area (Å²) in [5.41, 5.74) is 0. The first kappa shape index (κ1) is 19.9. The number of carbonyl (C=O) groups is 2. The molecule has 140 valence electrons. The van der Waals surface area contributed by atoms with Gasteiger partial charge in [0.2, 0.25) is 5.91 Å². The molecule has 0 unspecified atom stereocenters. The van der Waals surface area contributed by atoms with Gasteiger partial charge in [-0.3, -0.25) is 9.59 Å².